The summed E-state index contributed by atoms with van der Waals surface area (Å²) in [5.74, 6) is -0.427. The van der Waals surface area contributed by atoms with Crippen LogP contribution in [0.15, 0.2) is 60.9 Å². The second kappa shape index (κ2) is 8.18. The van der Waals surface area contributed by atoms with Crippen LogP contribution in [0.5, 0.6) is 0 Å². The summed E-state index contributed by atoms with van der Waals surface area (Å²) < 4.78 is 13.6. The van der Waals surface area contributed by atoms with Crippen molar-refractivity contribution in [3.8, 4) is 0 Å². The maximum atomic E-state index is 13.6. The molecule has 136 valence electrons. The molecule has 0 radical (unpaired) electrons. The number of carbonyl (C=O) groups excluding carboxylic acids is 2. The molecule has 6 nitrogen and oxygen atoms in total. The summed E-state index contributed by atoms with van der Waals surface area (Å²) in [5, 5.41) is 5.62. The summed E-state index contributed by atoms with van der Waals surface area (Å²) in [6, 6.07) is 13.0. The molecule has 0 aliphatic carbocycles. The van der Waals surface area contributed by atoms with Gasteiger partial charge in [0.15, 0.2) is 5.78 Å². The Labute approximate surface area is 155 Å². The smallest absolute Gasteiger partial charge is 0.258 e. The number of anilines is 2. The number of benzene rings is 2. The van der Waals surface area contributed by atoms with Crippen LogP contribution in [-0.4, -0.2) is 21.7 Å². The minimum absolute atomic E-state index is 0.0419. The second-order valence-electron chi connectivity index (χ2n) is 5.83. The van der Waals surface area contributed by atoms with E-state index >= 15 is 0 Å². The van der Waals surface area contributed by atoms with E-state index in [9.17, 15) is 14.0 Å². The predicted octanol–water partition coefficient (Wildman–Crippen LogP) is 3.68. The van der Waals surface area contributed by atoms with Crippen molar-refractivity contribution in [1.29, 1.82) is 0 Å². The molecule has 3 rings (SSSR count). The molecular formula is C20H17FN4O2. The lowest BCUT2D eigenvalue weighted by molar-refractivity contribution is 0.101. The molecule has 0 atom stereocenters. The molecule has 0 unspecified atom stereocenters. The Kier molecular flexibility index (Phi) is 5.51. The summed E-state index contributed by atoms with van der Waals surface area (Å²) in [7, 11) is 0. The van der Waals surface area contributed by atoms with Crippen LogP contribution in [0.25, 0.3) is 0 Å². The number of ketones is 1. The van der Waals surface area contributed by atoms with Gasteiger partial charge in [0.25, 0.3) is 5.91 Å². The van der Waals surface area contributed by atoms with Crippen molar-refractivity contribution in [1.82, 2.24) is 9.97 Å². The Hall–Kier alpha value is -3.61. The number of halogens is 1. The van der Waals surface area contributed by atoms with Gasteiger partial charge in [-0.3, -0.25) is 9.59 Å². The number of Topliss-reactive ketones (excluding diaryl/α,β-unsaturated/α-hetero) is 1. The maximum absolute atomic E-state index is 13.6. The highest BCUT2D eigenvalue weighted by atomic mass is 19.1. The van der Waals surface area contributed by atoms with Crippen molar-refractivity contribution in [2.75, 3.05) is 10.6 Å². The Balaban J connectivity index is 1.60. The zero-order valence-electron chi connectivity index (χ0n) is 14.6. The number of hydrogen-bond donors (Lipinski definition) is 2. The van der Waals surface area contributed by atoms with Gasteiger partial charge in [0.2, 0.25) is 5.95 Å². The number of amides is 1. The van der Waals surface area contributed by atoms with Gasteiger partial charge in [-0.1, -0.05) is 18.2 Å². The molecule has 2 N–H and O–H groups in total. The van der Waals surface area contributed by atoms with Crippen molar-refractivity contribution >= 4 is 23.3 Å². The summed E-state index contributed by atoms with van der Waals surface area (Å²) in [4.78, 5) is 31.7. The molecule has 0 bridgehead atoms. The van der Waals surface area contributed by atoms with Crippen molar-refractivity contribution < 1.29 is 14.0 Å². The first-order valence-electron chi connectivity index (χ1n) is 8.24. The van der Waals surface area contributed by atoms with E-state index in [-0.39, 0.29) is 29.6 Å². The zero-order chi connectivity index (χ0) is 19.2. The number of nitrogens with zero attached hydrogens (tertiary/aromatic N) is 2. The number of hydrogen-bond acceptors (Lipinski definition) is 5. The van der Waals surface area contributed by atoms with Crippen LogP contribution >= 0.6 is 0 Å². The summed E-state index contributed by atoms with van der Waals surface area (Å²) >= 11 is 0. The minimum atomic E-state index is -0.369. The second-order valence-corrected chi connectivity index (χ2v) is 5.83. The van der Waals surface area contributed by atoms with Crippen LogP contribution in [0, 0.1) is 5.82 Å². The highest BCUT2D eigenvalue weighted by Crippen LogP contribution is 2.12. The van der Waals surface area contributed by atoms with Crippen LogP contribution in [0.2, 0.25) is 0 Å². The van der Waals surface area contributed by atoms with Gasteiger partial charge in [0.1, 0.15) is 5.82 Å². The van der Waals surface area contributed by atoms with Crippen molar-refractivity contribution in [3.05, 3.63) is 83.4 Å². The molecule has 0 saturated heterocycles. The molecule has 7 heteroatoms. The lowest BCUT2D eigenvalue weighted by atomic mass is 10.1. The third kappa shape index (κ3) is 4.72. The lowest BCUT2D eigenvalue weighted by Crippen LogP contribution is -2.13. The van der Waals surface area contributed by atoms with Gasteiger partial charge in [-0.15, -0.1) is 0 Å². The van der Waals surface area contributed by atoms with Gasteiger partial charge in [-0.2, -0.15) is 0 Å². The largest absolute Gasteiger partial charge is 0.350 e. The van der Waals surface area contributed by atoms with Gasteiger partial charge in [0, 0.05) is 35.8 Å². The fraction of sp³-hybridized carbons (Fsp3) is 0.100. The molecule has 0 saturated carbocycles. The standard InChI is InChI=1S/C20H17FN4O2/c1-13(26)14-6-8-17(9-7-14)25-19(27)16-11-23-20(24-12-16)22-10-15-4-2-3-5-18(15)21/h2-9,11-12H,10H2,1H3,(H,25,27)(H,22,23,24). The van der Waals surface area contributed by atoms with Crippen LogP contribution in [-0.2, 0) is 6.54 Å². The van der Waals surface area contributed by atoms with Crippen molar-refractivity contribution in [2.24, 2.45) is 0 Å². The van der Waals surface area contributed by atoms with E-state index in [4.69, 9.17) is 0 Å². The van der Waals surface area contributed by atoms with Crippen molar-refractivity contribution in [3.63, 3.8) is 0 Å². The van der Waals surface area contributed by atoms with Crippen LogP contribution in [0.4, 0.5) is 16.0 Å². The fourth-order valence-corrected chi connectivity index (χ4v) is 2.34. The first-order chi connectivity index (χ1) is 13.0. The topological polar surface area (TPSA) is 84.0 Å². The van der Waals surface area contributed by atoms with E-state index in [1.807, 2.05) is 0 Å². The number of nitrogens with one attached hydrogen (secondary N) is 2. The monoisotopic (exact) mass is 364 g/mol. The van der Waals surface area contributed by atoms with E-state index in [2.05, 4.69) is 20.6 Å². The van der Waals surface area contributed by atoms with Crippen molar-refractivity contribution in [2.45, 2.75) is 13.5 Å². The Bertz CT molecular complexity index is 956. The summed E-state index contributed by atoms with van der Waals surface area (Å²) in [6.07, 6.45) is 2.77. The Morgan fingerprint density at radius 3 is 2.26 bits per heavy atom. The normalized spacial score (nSPS) is 10.3. The summed E-state index contributed by atoms with van der Waals surface area (Å²) in [5.41, 5.74) is 1.91. The molecule has 3 aromatic rings. The predicted molar refractivity (Wildman–Crippen MR) is 100 cm³/mol. The van der Waals surface area contributed by atoms with E-state index in [0.29, 0.717) is 22.8 Å². The van der Waals surface area contributed by atoms with E-state index < -0.39 is 0 Å². The molecule has 0 spiro atoms. The van der Waals surface area contributed by atoms with Gasteiger partial charge in [0.05, 0.1) is 5.56 Å². The average Bonchev–Trinajstić information content (AvgIpc) is 2.68. The van der Waals surface area contributed by atoms with Crippen LogP contribution in [0.3, 0.4) is 0 Å². The molecule has 0 aliphatic rings. The molecule has 1 heterocycles. The minimum Gasteiger partial charge on any atom is -0.350 e. The Morgan fingerprint density at radius 1 is 0.963 bits per heavy atom. The first kappa shape index (κ1) is 18.2. The molecule has 1 amide bonds. The summed E-state index contributed by atoms with van der Waals surface area (Å²) in [6.45, 7) is 1.72. The van der Waals surface area contributed by atoms with E-state index in [1.54, 1.807) is 42.5 Å². The van der Waals surface area contributed by atoms with E-state index in [0.717, 1.165) is 0 Å². The molecule has 1 aromatic heterocycles. The van der Waals surface area contributed by atoms with Gasteiger partial charge in [-0.05, 0) is 37.3 Å². The molecule has 0 aliphatic heterocycles. The first-order valence-corrected chi connectivity index (χ1v) is 8.24. The maximum Gasteiger partial charge on any atom is 0.258 e. The number of rotatable bonds is 6. The third-order valence-electron chi connectivity index (χ3n) is 3.86. The van der Waals surface area contributed by atoms with Gasteiger partial charge < -0.3 is 10.6 Å². The third-order valence-corrected chi connectivity index (χ3v) is 3.86. The zero-order valence-corrected chi connectivity index (χ0v) is 14.6. The van der Waals surface area contributed by atoms with E-state index in [1.165, 1.54) is 25.4 Å². The highest BCUT2D eigenvalue weighted by Gasteiger charge is 2.09. The van der Waals surface area contributed by atoms with Gasteiger partial charge >= 0.3 is 0 Å². The number of aromatic nitrogens is 2. The van der Waals surface area contributed by atoms with Crippen LogP contribution in [0.1, 0.15) is 33.2 Å². The van der Waals surface area contributed by atoms with Gasteiger partial charge in [-0.25, -0.2) is 14.4 Å². The fourth-order valence-electron chi connectivity index (χ4n) is 2.34. The molecule has 0 fully saturated rings. The average molecular weight is 364 g/mol. The highest BCUT2D eigenvalue weighted by molar-refractivity contribution is 6.04. The lowest BCUT2D eigenvalue weighted by Gasteiger charge is -2.07. The molecule has 27 heavy (non-hydrogen) atoms. The SMILES string of the molecule is CC(=O)c1ccc(NC(=O)c2cnc(NCc3ccccc3F)nc2)cc1. The molecule has 2 aromatic carbocycles. The molecular weight excluding hydrogens is 347 g/mol. The van der Waals surface area contributed by atoms with Crippen LogP contribution < -0.4 is 10.6 Å². The quantitative estimate of drug-likeness (QED) is 0.652. The Morgan fingerprint density at radius 2 is 1.63 bits per heavy atom. The number of carbonyl (C=O) groups is 2.